The Labute approximate surface area is 380 Å². The number of sulfonamides is 2. The highest BCUT2D eigenvalue weighted by Crippen LogP contribution is 2.35. The molecular weight excluding hydrogens is 923 g/mol. The highest BCUT2D eigenvalue weighted by molar-refractivity contribution is 7.89. The number of hydrogen-bond donors (Lipinski definition) is 0. The van der Waals surface area contributed by atoms with Crippen LogP contribution in [0.3, 0.4) is 0 Å². The first-order chi connectivity index (χ1) is 28.5. The van der Waals surface area contributed by atoms with E-state index in [-0.39, 0.29) is 19.8 Å². The Morgan fingerprint density at radius 1 is 0.533 bits per heavy atom. The average Bonchev–Trinajstić information content (AvgIpc) is 3.92. The molecule has 0 aliphatic carbocycles. The van der Waals surface area contributed by atoms with Gasteiger partial charge in [0.25, 0.3) is 0 Å². The minimum atomic E-state index is -3.70. The third-order valence-electron chi connectivity index (χ3n) is 10.6. The van der Waals surface area contributed by atoms with Crippen LogP contribution in [0.15, 0.2) is 93.3 Å². The van der Waals surface area contributed by atoms with Gasteiger partial charge in [-0.2, -0.15) is 8.61 Å². The Balaban J connectivity index is 0.000000181. The summed E-state index contributed by atoms with van der Waals surface area (Å²) in [5.41, 5.74) is 9.07. The summed E-state index contributed by atoms with van der Waals surface area (Å²) in [4.78, 5) is 14.0. The molecule has 2 saturated heterocycles. The van der Waals surface area contributed by atoms with Gasteiger partial charge in [-0.05, 0) is 86.3 Å². The van der Waals surface area contributed by atoms with Gasteiger partial charge in [-0.25, -0.2) is 26.8 Å². The number of benzene rings is 4. The zero-order valence-electron chi connectivity index (χ0n) is 33.2. The topological polar surface area (TPSA) is 107 Å². The van der Waals surface area contributed by atoms with Gasteiger partial charge in [0.05, 0.1) is 21.4 Å². The Kier molecular flexibility index (Phi) is 13.9. The molecule has 10 nitrogen and oxygen atoms in total. The highest BCUT2D eigenvalue weighted by atomic mass is 35.5. The maximum Gasteiger partial charge on any atom is 0.244 e. The Hall–Kier alpha value is -3.28. The van der Waals surface area contributed by atoms with E-state index in [2.05, 4.69) is 72.5 Å². The molecule has 0 saturated carbocycles. The molecule has 0 atom stereocenters. The number of thiazole rings is 2. The molecule has 2 aromatic heterocycles. The summed E-state index contributed by atoms with van der Waals surface area (Å²) in [6.07, 6.45) is 0. The summed E-state index contributed by atoms with van der Waals surface area (Å²) in [5.74, 6) is 0. The first-order valence-electron chi connectivity index (χ1n) is 19.0. The number of anilines is 2. The number of aryl methyl sites for hydroxylation is 3. The van der Waals surface area contributed by atoms with Crippen molar-refractivity contribution in [3.63, 3.8) is 0 Å². The number of rotatable bonds is 8. The second-order valence-corrected chi connectivity index (χ2v) is 21.6. The van der Waals surface area contributed by atoms with Gasteiger partial charge in [-0.15, -0.1) is 22.7 Å². The summed E-state index contributed by atoms with van der Waals surface area (Å²) in [6, 6.07) is 21.4. The SMILES string of the molecule is Cc1cccc(-c2csc(N3CCN(S(=O)(=O)c4cc(Cl)ccc4Cl)CC3)n2)c1C.Cc1cccc(C)c1-c1csc(N2CCN(S(=O)(=O)c3cc(Cl)ccc3Cl)CC2)n1. The minimum absolute atomic E-state index is 0.0524. The van der Waals surface area contributed by atoms with Crippen LogP contribution in [0.4, 0.5) is 10.3 Å². The number of halogens is 4. The lowest BCUT2D eigenvalue weighted by Crippen LogP contribution is -2.48. The van der Waals surface area contributed by atoms with Crippen LogP contribution in [0.25, 0.3) is 22.5 Å². The van der Waals surface area contributed by atoms with E-state index < -0.39 is 20.0 Å². The predicted octanol–water partition coefficient (Wildman–Crippen LogP) is 10.5. The molecule has 0 bridgehead atoms. The van der Waals surface area contributed by atoms with Gasteiger partial charge in [0.1, 0.15) is 9.79 Å². The van der Waals surface area contributed by atoms with E-state index in [1.54, 1.807) is 34.8 Å². The van der Waals surface area contributed by atoms with Gasteiger partial charge in [-0.3, -0.25) is 0 Å². The van der Waals surface area contributed by atoms with Crippen molar-refractivity contribution in [3.05, 3.63) is 126 Å². The van der Waals surface area contributed by atoms with E-state index in [9.17, 15) is 16.8 Å². The second-order valence-electron chi connectivity index (χ2n) is 14.5. The number of aromatic nitrogens is 2. The lowest BCUT2D eigenvalue weighted by molar-refractivity contribution is 0.384. The molecule has 316 valence electrons. The number of piperazine rings is 2. The Bertz CT molecular complexity index is 2730. The first-order valence-corrected chi connectivity index (χ1v) is 25.1. The van der Waals surface area contributed by atoms with Crippen molar-refractivity contribution in [1.82, 2.24) is 18.6 Å². The summed E-state index contributed by atoms with van der Waals surface area (Å²) < 4.78 is 55.0. The predicted molar refractivity (Wildman–Crippen MR) is 249 cm³/mol. The molecule has 0 unspecified atom stereocenters. The van der Waals surface area contributed by atoms with Crippen molar-refractivity contribution in [3.8, 4) is 22.5 Å². The second kappa shape index (κ2) is 18.6. The average molecular weight is 965 g/mol. The first kappa shape index (κ1) is 44.8. The fourth-order valence-electron chi connectivity index (χ4n) is 7.17. The molecule has 4 aromatic carbocycles. The molecule has 2 aliphatic heterocycles. The van der Waals surface area contributed by atoms with E-state index in [1.165, 1.54) is 55.1 Å². The monoisotopic (exact) mass is 962 g/mol. The fraction of sp³-hybridized carbons (Fsp3) is 0.286. The van der Waals surface area contributed by atoms with Crippen LogP contribution in [-0.2, 0) is 20.0 Å². The van der Waals surface area contributed by atoms with E-state index in [0.717, 1.165) is 32.8 Å². The summed E-state index contributed by atoms with van der Waals surface area (Å²) in [6.45, 7) is 12.1. The van der Waals surface area contributed by atoms with Gasteiger partial charge in [0.15, 0.2) is 10.3 Å². The smallest absolute Gasteiger partial charge is 0.244 e. The van der Waals surface area contributed by atoms with Crippen LogP contribution in [-0.4, -0.2) is 87.8 Å². The molecule has 0 amide bonds. The van der Waals surface area contributed by atoms with Crippen LogP contribution in [0.2, 0.25) is 20.1 Å². The van der Waals surface area contributed by atoms with Gasteiger partial charge in [-0.1, -0.05) is 82.8 Å². The molecule has 0 radical (unpaired) electrons. The number of hydrogen-bond acceptors (Lipinski definition) is 10. The van der Waals surface area contributed by atoms with Crippen LogP contribution < -0.4 is 9.80 Å². The van der Waals surface area contributed by atoms with Crippen molar-refractivity contribution >= 4 is 99.4 Å². The molecule has 6 aromatic rings. The maximum absolute atomic E-state index is 13.0. The highest BCUT2D eigenvalue weighted by Gasteiger charge is 2.33. The van der Waals surface area contributed by atoms with E-state index >= 15 is 0 Å². The van der Waals surface area contributed by atoms with Gasteiger partial charge in [0, 0.05) is 84.3 Å². The van der Waals surface area contributed by atoms with E-state index in [1.807, 2.05) is 12.1 Å². The van der Waals surface area contributed by atoms with Crippen molar-refractivity contribution in [1.29, 1.82) is 0 Å². The number of nitrogens with zero attached hydrogens (tertiary/aromatic N) is 6. The molecule has 0 N–H and O–H groups in total. The normalized spacial score (nSPS) is 15.5. The maximum atomic E-state index is 13.0. The van der Waals surface area contributed by atoms with Gasteiger partial charge < -0.3 is 9.80 Å². The molecule has 60 heavy (non-hydrogen) atoms. The molecule has 2 fully saturated rings. The van der Waals surface area contributed by atoms with Crippen molar-refractivity contribution in [2.45, 2.75) is 37.5 Å². The largest absolute Gasteiger partial charge is 0.345 e. The zero-order valence-corrected chi connectivity index (χ0v) is 39.5. The molecule has 0 spiro atoms. The Morgan fingerprint density at radius 2 is 0.950 bits per heavy atom. The summed E-state index contributed by atoms with van der Waals surface area (Å²) in [7, 11) is -7.39. The molecule has 18 heteroatoms. The minimum Gasteiger partial charge on any atom is -0.345 e. The third-order valence-corrected chi connectivity index (χ3v) is 17.7. The van der Waals surface area contributed by atoms with E-state index in [4.69, 9.17) is 56.4 Å². The summed E-state index contributed by atoms with van der Waals surface area (Å²) >= 11 is 27.4. The van der Waals surface area contributed by atoms with E-state index in [0.29, 0.717) is 62.4 Å². The standard InChI is InChI=1S/2C21H21Cl2N3O2S2/c1-14-4-3-5-17(15(14)2)19-13-29-21(24-19)25-8-10-26(11-9-25)30(27,28)20-12-16(22)6-7-18(20)23;1-14-4-3-5-15(2)20(14)18-13-29-21(24-18)25-8-10-26(11-9-25)30(27,28)19-12-16(22)6-7-17(19)23/h2*3-7,12-13H,8-11H2,1-2H3. The molecular formula is C42H42Cl4N6O4S4. The molecule has 4 heterocycles. The van der Waals surface area contributed by atoms with Gasteiger partial charge in [0.2, 0.25) is 20.0 Å². The van der Waals surface area contributed by atoms with Crippen molar-refractivity contribution in [2.75, 3.05) is 62.2 Å². The van der Waals surface area contributed by atoms with Crippen LogP contribution in [0.1, 0.15) is 22.3 Å². The van der Waals surface area contributed by atoms with Crippen molar-refractivity contribution < 1.29 is 16.8 Å². The quantitative estimate of drug-likeness (QED) is 0.148. The van der Waals surface area contributed by atoms with Crippen LogP contribution >= 0.6 is 69.1 Å². The molecule has 8 rings (SSSR count). The lowest BCUT2D eigenvalue weighted by atomic mass is 10.0. The van der Waals surface area contributed by atoms with Crippen LogP contribution in [0, 0.1) is 27.7 Å². The Morgan fingerprint density at radius 3 is 1.43 bits per heavy atom. The lowest BCUT2D eigenvalue weighted by Gasteiger charge is -2.34. The van der Waals surface area contributed by atoms with Crippen molar-refractivity contribution in [2.24, 2.45) is 0 Å². The molecule has 2 aliphatic rings. The third kappa shape index (κ3) is 9.53. The van der Waals surface area contributed by atoms with Crippen LogP contribution in [0.5, 0.6) is 0 Å². The van der Waals surface area contributed by atoms with Gasteiger partial charge >= 0.3 is 0 Å². The summed E-state index contributed by atoms with van der Waals surface area (Å²) in [5, 5.41) is 7.00. The fourth-order valence-corrected chi connectivity index (χ4v) is 13.2. The zero-order chi connectivity index (χ0) is 42.9.